The van der Waals surface area contributed by atoms with Gasteiger partial charge in [0.15, 0.2) is 5.78 Å². The summed E-state index contributed by atoms with van der Waals surface area (Å²) in [5.74, 6) is -2.33. The van der Waals surface area contributed by atoms with Gasteiger partial charge in [0.05, 0.1) is 11.1 Å². The number of rotatable bonds is 9. The van der Waals surface area contributed by atoms with E-state index in [9.17, 15) is 19.5 Å². The minimum Gasteiger partial charge on any atom is -0.478 e. The van der Waals surface area contributed by atoms with Gasteiger partial charge in [-0.05, 0) is 38.1 Å². The molecule has 0 aliphatic heterocycles. The van der Waals surface area contributed by atoms with E-state index >= 15 is 0 Å². The Labute approximate surface area is 172 Å². The van der Waals surface area contributed by atoms with Crippen molar-refractivity contribution in [2.45, 2.75) is 26.4 Å². The molecular weight excluding hydrogens is 400 g/mol. The molecule has 1 N–H and O–H groups in total. The summed E-state index contributed by atoms with van der Waals surface area (Å²) in [5.41, 5.74) is -0.0176. The average Bonchev–Trinajstić information content (AvgIpc) is 2.67. The Morgan fingerprint density at radius 2 is 1.69 bits per heavy atom. The lowest BCUT2D eigenvalue weighted by molar-refractivity contribution is -0.204. The minimum atomic E-state index is -1.22. The molecule has 2 unspecified atom stereocenters. The summed E-state index contributed by atoms with van der Waals surface area (Å²) in [6.45, 7) is 6.33. The fourth-order valence-corrected chi connectivity index (χ4v) is 2.67. The molecular formula is C21H19ClO7. The fraction of sp³-hybridized carbons (Fsp3) is 0.190. The van der Waals surface area contributed by atoms with Crippen LogP contribution < -0.4 is 4.74 Å². The van der Waals surface area contributed by atoms with Crippen molar-refractivity contribution in [3.05, 3.63) is 76.8 Å². The van der Waals surface area contributed by atoms with Gasteiger partial charge >= 0.3 is 11.9 Å². The van der Waals surface area contributed by atoms with Crippen LogP contribution in [0, 0.1) is 0 Å². The van der Waals surface area contributed by atoms with E-state index in [4.69, 9.17) is 25.8 Å². The molecule has 0 radical (unpaired) electrons. The Hall–Kier alpha value is -3.16. The molecule has 2 atom stereocenters. The summed E-state index contributed by atoms with van der Waals surface area (Å²) >= 11 is 6.02. The molecule has 2 aromatic rings. The van der Waals surface area contributed by atoms with Crippen LogP contribution in [0.5, 0.6) is 5.75 Å². The SMILES string of the molecule is C=CC(=O)OC(C)OC(C)Oc1cc(Cl)ccc1C(=O)c1ccccc1C(=O)O. The Balaban J connectivity index is 2.28. The van der Waals surface area contributed by atoms with Gasteiger partial charge in [-0.2, -0.15) is 0 Å². The van der Waals surface area contributed by atoms with E-state index in [0.29, 0.717) is 5.02 Å². The number of benzene rings is 2. The number of hydrogen-bond donors (Lipinski definition) is 1. The Bertz CT molecular complexity index is 938. The maximum Gasteiger partial charge on any atom is 0.336 e. The fourth-order valence-electron chi connectivity index (χ4n) is 2.51. The van der Waals surface area contributed by atoms with E-state index in [1.54, 1.807) is 13.0 Å². The number of ketones is 1. The van der Waals surface area contributed by atoms with Crippen molar-refractivity contribution in [3.63, 3.8) is 0 Å². The summed E-state index contributed by atoms with van der Waals surface area (Å²) in [7, 11) is 0. The summed E-state index contributed by atoms with van der Waals surface area (Å²) in [6.07, 6.45) is -0.845. The van der Waals surface area contributed by atoms with Crippen LogP contribution in [0.1, 0.15) is 40.1 Å². The third-order valence-electron chi connectivity index (χ3n) is 3.72. The Morgan fingerprint density at radius 1 is 1.03 bits per heavy atom. The second kappa shape index (κ2) is 9.86. The van der Waals surface area contributed by atoms with Gasteiger partial charge in [0.2, 0.25) is 12.6 Å². The van der Waals surface area contributed by atoms with Crippen molar-refractivity contribution in [2.24, 2.45) is 0 Å². The average molecular weight is 419 g/mol. The third kappa shape index (κ3) is 5.91. The molecule has 2 rings (SSSR count). The normalized spacial score (nSPS) is 12.5. The van der Waals surface area contributed by atoms with Crippen LogP contribution in [0.15, 0.2) is 55.1 Å². The Kier molecular flexibility index (Phi) is 7.52. The van der Waals surface area contributed by atoms with Crippen molar-refractivity contribution in [3.8, 4) is 5.75 Å². The molecule has 7 nitrogen and oxygen atoms in total. The molecule has 8 heteroatoms. The number of carboxylic acid groups (broad SMARTS) is 1. The lowest BCUT2D eigenvalue weighted by atomic mass is 9.98. The molecule has 152 valence electrons. The number of hydrogen-bond acceptors (Lipinski definition) is 6. The topological polar surface area (TPSA) is 99.1 Å². The maximum atomic E-state index is 13.0. The van der Waals surface area contributed by atoms with Gasteiger partial charge in [-0.25, -0.2) is 9.59 Å². The zero-order valence-corrected chi connectivity index (χ0v) is 16.5. The van der Waals surface area contributed by atoms with Gasteiger partial charge in [-0.15, -0.1) is 0 Å². The summed E-state index contributed by atoms with van der Waals surface area (Å²) in [6, 6.07) is 10.2. The van der Waals surface area contributed by atoms with E-state index in [-0.39, 0.29) is 22.4 Å². The zero-order valence-electron chi connectivity index (χ0n) is 15.8. The zero-order chi connectivity index (χ0) is 21.6. The van der Waals surface area contributed by atoms with Gasteiger partial charge in [-0.3, -0.25) is 4.79 Å². The van der Waals surface area contributed by atoms with E-state index < -0.39 is 30.3 Å². The predicted octanol–water partition coefficient (Wildman–Crippen LogP) is 4.09. The first kappa shape index (κ1) is 22.1. The predicted molar refractivity (Wildman–Crippen MR) is 105 cm³/mol. The van der Waals surface area contributed by atoms with Crippen molar-refractivity contribution < 1.29 is 33.7 Å². The van der Waals surface area contributed by atoms with E-state index in [1.165, 1.54) is 43.3 Å². The number of carboxylic acids is 1. The minimum absolute atomic E-state index is 0.00836. The molecule has 0 aliphatic carbocycles. The summed E-state index contributed by atoms with van der Waals surface area (Å²) < 4.78 is 16.0. The van der Waals surface area contributed by atoms with Crippen molar-refractivity contribution in [2.75, 3.05) is 0 Å². The third-order valence-corrected chi connectivity index (χ3v) is 3.95. The largest absolute Gasteiger partial charge is 0.478 e. The molecule has 0 bridgehead atoms. The lowest BCUT2D eigenvalue weighted by Gasteiger charge is -2.21. The monoisotopic (exact) mass is 418 g/mol. The molecule has 29 heavy (non-hydrogen) atoms. The quantitative estimate of drug-likeness (QED) is 0.283. The van der Waals surface area contributed by atoms with E-state index in [2.05, 4.69) is 6.58 Å². The first-order chi connectivity index (χ1) is 13.7. The summed E-state index contributed by atoms with van der Waals surface area (Å²) in [5, 5.41) is 9.65. The number of carbonyl (C=O) groups is 3. The van der Waals surface area contributed by atoms with E-state index in [0.717, 1.165) is 6.08 Å². The molecule has 0 saturated heterocycles. The highest BCUT2D eigenvalue weighted by atomic mass is 35.5. The lowest BCUT2D eigenvalue weighted by Crippen LogP contribution is -2.26. The van der Waals surface area contributed by atoms with Crippen LogP contribution in [-0.4, -0.2) is 35.4 Å². The van der Waals surface area contributed by atoms with Crippen LogP contribution in [0.25, 0.3) is 0 Å². The van der Waals surface area contributed by atoms with Gasteiger partial charge in [0.25, 0.3) is 0 Å². The van der Waals surface area contributed by atoms with Gasteiger partial charge < -0.3 is 19.3 Å². The van der Waals surface area contributed by atoms with Crippen LogP contribution in [0.4, 0.5) is 0 Å². The van der Waals surface area contributed by atoms with Crippen LogP contribution in [0.3, 0.4) is 0 Å². The molecule has 0 amide bonds. The number of esters is 1. The summed E-state index contributed by atoms with van der Waals surface area (Å²) in [4.78, 5) is 35.6. The molecule has 0 aliphatic rings. The molecule has 0 spiro atoms. The molecule has 0 fully saturated rings. The standard InChI is InChI=1S/C21H19ClO7/c1-4-19(23)29-13(3)27-12(2)28-18-11-14(22)9-10-17(18)20(24)15-7-5-6-8-16(15)21(25)26/h4-13H,1H2,2-3H3,(H,25,26). The molecule has 2 aromatic carbocycles. The smallest absolute Gasteiger partial charge is 0.336 e. The highest BCUT2D eigenvalue weighted by Crippen LogP contribution is 2.28. The van der Waals surface area contributed by atoms with Gasteiger partial charge in [0, 0.05) is 16.7 Å². The second-order valence-electron chi connectivity index (χ2n) is 5.85. The van der Waals surface area contributed by atoms with Crippen molar-refractivity contribution in [1.82, 2.24) is 0 Å². The number of halogens is 1. The number of carbonyl (C=O) groups excluding carboxylic acids is 2. The maximum absolute atomic E-state index is 13.0. The van der Waals surface area contributed by atoms with Crippen LogP contribution in [-0.2, 0) is 14.3 Å². The first-order valence-corrected chi connectivity index (χ1v) is 8.92. The molecule has 0 saturated carbocycles. The number of aromatic carboxylic acids is 1. The van der Waals surface area contributed by atoms with Crippen molar-refractivity contribution >= 4 is 29.3 Å². The highest BCUT2D eigenvalue weighted by Gasteiger charge is 2.22. The van der Waals surface area contributed by atoms with Gasteiger partial charge in [-0.1, -0.05) is 36.4 Å². The van der Waals surface area contributed by atoms with Gasteiger partial charge in [0.1, 0.15) is 5.75 Å². The van der Waals surface area contributed by atoms with Crippen molar-refractivity contribution in [1.29, 1.82) is 0 Å². The van der Waals surface area contributed by atoms with Crippen LogP contribution in [0.2, 0.25) is 5.02 Å². The number of ether oxygens (including phenoxy) is 3. The Morgan fingerprint density at radius 3 is 2.31 bits per heavy atom. The first-order valence-electron chi connectivity index (χ1n) is 8.54. The molecule has 0 aromatic heterocycles. The highest BCUT2D eigenvalue weighted by molar-refractivity contribution is 6.31. The van der Waals surface area contributed by atoms with Crippen LogP contribution >= 0.6 is 11.6 Å². The molecule has 0 heterocycles. The second-order valence-corrected chi connectivity index (χ2v) is 6.29. The van der Waals surface area contributed by atoms with E-state index in [1.807, 2.05) is 0 Å².